The van der Waals surface area contributed by atoms with Gasteiger partial charge in [-0.25, -0.2) is 9.37 Å². The lowest BCUT2D eigenvalue weighted by molar-refractivity contribution is 0.626. The number of allylic oxidation sites excluding steroid dienone is 1. The summed E-state index contributed by atoms with van der Waals surface area (Å²) in [6.45, 7) is 8.09. The maximum absolute atomic E-state index is 13.3. The molecule has 0 atom stereocenters. The maximum Gasteiger partial charge on any atom is 0.263 e. The Bertz CT molecular complexity index is 975. The fraction of sp³-hybridized carbons (Fsp3) is 0.222. The van der Waals surface area contributed by atoms with Crippen molar-refractivity contribution in [1.82, 2.24) is 9.55 Å². The molecule has 0 amide bonds. The number of aryl methyl sites for hydroxylation is 2. The number of thioether (sulfide) groups is 1. The van der Waals surface area contributed by atoms with Crippen LogP contribution in [-0.4, -0.2) is 9.55 Å². The Morgan fingerprint density at radius 1 is 1.42 bits per heavy atom. The third kappa shape index (κ3) is 3.16. The van der Waals surface area contributed by atoms with E-state index >= 15 is 0 Å². The number of fused-ring (bicyclic) bond motifs is 1. The van der Waals surface area contributed by atoms with Gasteiger partial charge in [-0.15, -0.1) is 17.9 Å². The first-order chi connectivity index (χ1) is 11.5. The van der Waals surface area contributed by atoms with Crippen LogP contribution in [0.5, 0.6) is 0 Å². The molecule has 2 aromatic heterocycles. The molecule has 0 saturated heterocycles. The molecule has 0 N–H and O–H groups in total. The van der Waals surface area contributed by atoms with Crippen LogP contribution in [0.3, 0.4) is 0 Å². The summed E-state index contributed by atoms with van der Waals surface area (Å²) >= 11 is 2.97. The Morgan fingerprint density at radius 3 is 2.92 bits per heavy atom. The Hall–Kier alpha value is -1.92. The number of hydrogen-bond donors (Lipinski definition) is 0. The molecule has 0 aliphatic rings. The lowest BCUT2D eigenvalue weighted by Gasteiger charge is -2.10. The highest BCUT2D eigenvalue weighted by Crippen LogP contribution is 2.29. The smallest absolute Gasteiger partial charge is 0.263 e. The number of hydrogen-bond acceptors (Lipinski definition) is 4. The Labute approximate surface area is 147 Å². The van der Waals surface area contributed by atoms with Crippen LogP contribution in [0.4, 0.5) is 4.39 Å². The van der Waals surface area contributed by atoms with Crippen molar-refractivity contribution >= 4 is 33.3 Å². The van der Waals surface area contributed by atoms with E-state index < -0.39 is 0 Å². The van der Waals surface area contributed by atoms with E-state index in [0.29, 0.717) is 22.8 Å². The van der Waals surface area contributed by atoms with Crippen LogP contribution in [-0.2, 0) is 12.3 Å². The summed E-state index contributed by atoms with van der Waals surface area (Å²) in [6.07, 6.45) is 1.69. The van der Waals surface area contributed by atoms with Crippen molar-refractivity contribution in [2.75, 3.05) is 0 Å². The summed E-state index contributed by atoms with van der Waals surface area (Å²) < 4.78 is 15.0. The molecule has 24 heavy (non-hydrogen) atoms. The lowest BCUT2D eigenvalue weighted by Crippen LogP contribution is -2.22. The van der Waals surface area contributed by atoms with Crippen LogP contribution < -0.4 is 5.56 Å². The molecule has 3 nitrogen and oxygen atoms in total. The van der Waals surface area contributed by atoms with Crippen molar-refractivity contribution in [3.05, 3.63) is 69.1 Å². The van der Waals surface area contributed by atoms with E-state index in [2.05, 4.69) is 11.6 Å². The van der Waals surface area contributed by atoms with Crippen molar-refractivity contribution in [2.45, 2.75) is 31.3 Å². The van der Waals surface area contributed by atoms with Gasteiger partial charge in [0.2, 0.25) is 0 Å². The highest BCUT2D eigenvalue weighted by molar-refractivity contribution is 7.98. The molecule has 3 rings (SSSR count). The fourth-order valence-corrected chi connectivity index (χ4v) is 4.51. The number of halogens is 1. The first-order valence-corrected chi connectivity index (χ1v) is 9.30. The predicted molar refractivity (Wildman–Crippen MR) is 99.5 cm³/mol. The van der Waals surface area contributed by atoms with Crippen LogP contribution in [0.25, 0.3) is 10.2 Å². The summed E-state index contributed by atoms with van der Waals surface area (Å²) in [5.74, 6) is 0.292. The highest BCUT2D eigenvalue weighted by atomic mass is 32.2. The zero-order chi connectivity index (χ0) is 17.3. The van der Waals surface area contributed by atoms with Gasteiger partial charge in [-0.05, 0) is 37.1 Å². The molecular formula is C18H17FN2OS2. The van der Waals surface area contributed by atoms with E-state index in [4.69, 9.17) is 0 Å². The molecule has 0 unspecified atom stereocenters. The molecule has 0 aliphatic carbocycles. The van der Waals surface area contributed by atoms with Crippen LogP contribution >= 0.6 is 23.1 Å². The third-order valence-corrected chi connectivity index (χ3v) is 5.97. The summed E-state index contributed by atoms with van der Waals surface area (Å²) in [4.78, 5) is 19.4. The molecule has 2 heterocycles. The Morgan fingerprint density at radius 2 is 2.21 bits per heavy atom. The highest BCUT2D eigenvalue weighted by Gasteiger charge is 2.16. The molecule has 0 radical (unpaired) electrons. The normalized spacial score (nSPS) is 11.1. The van der Waals surface area contributed by atoms with E-state index in [1.165, 1.54) is 35.2 Å². The van der Waals surface area contributed by atoms with Gasteiger partial charge >= 0.3 is 0 Å². The second-order valence-electron chi connectivity index (χ2n) is 5.48. The maximum atomic E-state index is 13.3. The van der Waals surface area contributed by atoms with Gasteiger partial charge in [-0.1, -0.05) is 30.0 Å². The van der Waals surface area contributed by atoms with Crippen molar-refractivity contribution in [2.24, 2.45) is 0 Å². The first-order valence-electron chi connectivity index (χ1n) is 7.50. The van der Waals surface area contributed by atoms with E-state index in [-0.39, 0.29) is 11.4 Å². The molecule has 3 aromatic rings. The summed E-state index contributed by atoms with van der Waals surface area (Å²) in [7, 11) is 0. The average molecular weight is 360 g/mol. The van der Waals surface area contributed by atoms with Gasteiger partial charge in [0, 0.05) is 17.2 Å². The zero-order valence-corrected chi connectivity index (χ0v) is 15.1. The quantitative estimate of drug-likeness (QED) is 0.376. The Balaban J connectivity index is 2.04. The van der Waals surface area contributed by atoms with Crippen LogP contribution in [0, 0.1) is 19.7 Å². The SMILES string of the molecule is C=CCn1c(SCc2cccc(F)c2)nc2sc(C)c(C)c2c1=O. The third-order valence-electron chi connectivity index (χ3n) is 3.82. The van der Waals surface area contributed by atoms with E-state index in [1.54, 1.807) is 16.7 Å². The molecule has 1 aromatic carbocycles. The predicted octanol–water partition coefficient (Wildman–Crippen LogP) is 4.69. The molecule has 6 heteroatoms. The van der Waals surface area contributed by atoms with Crippen molar-refractivity contribution in [3.8, 4) is 0 Å². The van der Waals surface area contributed by atoms with Gasteiger partial charge < -0.3 is 0 Å². The second-order valence-corrected chi connectivity index (χ2v) is 7.63. The number of thiophene rings is 1. The average Bonchev–Trinajstić information content (AvgIpc) is 2.83. The first kappa shape index (κ1) is 16.9. The molecule has 0 aliphatic heterocycles. The number of benzene rings is 1. The van der Waals surface area contributed by atoms with E-state index in [9.17, 15) is 9.18 Å². The largest absolute Gasteiger partial charge is 0.283 e. The molecule has 0 fully saturated rings. The molecular weight excluding hydrogens is 343 g/mol. The van der Waals surface area contributed by atoms with Crippen molar-refractivity contribution in [3.63, 3.8) is 0 Å². The second kappa shape index (κ2) is 6.91. The fourth-order valence-electron chi connectivity index (χ4n) is 2.48. The van der Waals surface area contributed by atoms with Gasteiger partial charge in [0.05, 0.1) is 5.39 Å². The minimum Gasteiger partial charge on any atom is -0.283 e. The zero-order valence-electron chi connectivity index (χ0n) is 13.5. The number of rotatable bonds is 5. The van der Waals surface area contributed by atoms with E-state index in [1.807, 2.05) is 19.9 Å². The monoisotopic (exact) mass is 360 g/mol. The summed E-state index contributed by atoms with van der Waals surface area (Å²) in [5.41, 5.74) is 1.81. The van der Waals surface area contributed by atoms with Crippen LogP contribution in [0.2, 0.25) is 0 Å². The molecule has 124 valence electrons. The van der Waals surface area contributed by atoms with E-state index in [0.717, 1.165) is 20.8 Å². The number of nitrogens with zero attached hydrogens (tertiary/aromatic N) is 2. The van der Waals surface area contributed by atoms with Gasteiger partial charge in [-0.3, -0.25) is 9.36 Å². The van der Waals surface area contributed by atoms with Gasteiger partial charge in [0.1, 0.15) is 10.6 Å². The molecule has 0 spiro atoms. The summed E-state index contributed by atoms with van der Waals surface area (Å²) in [5, 5.41) is 1.33. The molecule has 0 saturated carbocycles. The summed E-state index contributed by atoms with van der Waals surface area (Å²) in [6, 6.07) is 6.47. The lowest BCUT2D eigenvalue weighted by atomic mass is 10.2. The topological polar surface area (TPSA) is 34.9 Å². The standard InChI is InChI=1S/C18H17FN2OS2/c1-4-8-21-17(22)15-11(2)12(3)24-16(15)20-18(21)23-10-13-6-5-7-14(19)9-13/h4-7,9H,1,8,10H2,2-3H3. The molecule has 0 bridgehead atoms. The van der Waals surface area contributed by atoms with Crippen molar-refractivity contribution in [1.29, 1.82) is 0 Å². The minimum atomic E-state index is -0.260. The van der Waals surface area contributed by atoms with Crippen LogP contribution in [0.1, 0.15) is 16.0 Å². The van der Waals surface area contributed by atoms with Gasteiger partial charge in [0.25, 0.3) is 5.56 Å². The van der Waals surface area contributed by atoms with Gasteiger partial charge in [-0.2, -0.15) is 0 Å². The minimum absolute atomic E-state index is 0.0384. The van der Waals surface area contributed by atoms with Crippen LogP contribution in [0.15, 0.2) is 46.9 Å². The van der Waals surface area contributed by atoms with Gasteiger partial charge in [0.15, 0.2) is 5.16 Å². The number of aromatic nitrogens is 2. The van der Waals surface area contributed by atoms with Crippen molar-refractivity contribution < 1.29 is 4.39 Å². The Kier molecular flexibility index (Phi) is 4.87.